The van der Waals surface area contributed by atoms with Crippen molar-refractivity contribution in [2.45, 2.75) is 51.7 Å². The van der Waals surface area contributed by atoms with Gasteiger partial charge in [-0.3, -0.25) is 4.79 Å². The molecule has 1 aromatic heterocycles. The van der Waals surface area contributed by atoms with Gasteiger partial charge in [0.25, 0.3) is 0 Å². The van der Waals surface area contributed by atoms with Gasteiger partial charge >= 0.3 is 5.97 Å². The van der Waals surface area contributed by atoms with E-state index in [4.69, 9.17) is 5.11 Å². The number of aryl methyl sites for hydroxylation is 2. The number of thioether (sulfide) groups is 1. The van der Waals surface area contributed by atoms with Crippen LogP contribution in [0.2, 0.25) is 0 Å². The Morgan fingerprint density at radius 1 is 1.23 bits per heavy atom. The summed E-state index contributed by atoms with van der Waals surface area (Å²) in [6, 6.07) is -0.857. The second kappa shape index (κ2) is 8.12. The number of rotatable bonds is 7. The fourth-order valence-electron chi connectivity index (χ4n) is 2.16. The summed E-state index contributed by atoms with van der Waals surface area (Å²) >= 11 is 1.48. The van der Waals surface area contributed by atoms with Gasteiger partial charge in [0.2, 0.25) is 5.91 Å². The Morgan fingerprint density at radius 2 is 1.77 bits per heavy atom. The molecule has 1 heterocycles. The van der Waals surface area contributed by atoms with Gasteiger partial charge in [-0.05, 0) is 38.0 Å². The standard InChI is InChI=1S/C15H23N3O3S/c1-8(2)13(14(20)21)18-12(19)7-6-11-9(3)16-15(22-5)17-10(11)4/h8,13H,6-7H2,1-5H3,(H,18,19)(H,20,21). The highest BCUT2D eigenvalue weighted by atomic mass is 32.2. The summed E-state index contributed by atoms with van der Waals surface area (Å²) in [5.74, 6) is -1.44. The summed E-state index contributed by atoms with van der Waals surface area (Å²) in [4.78, 5) is 31.8. The summed E-state index contributed by atoms with van der Waals surface area (Å²) in [6.45, 7) is 7.33. The lowest BCUT2D eigenvalue weighted by atomic mass is 10.0. The van der Waals surface area contributed by atoms with Gasteiger partial charge < -0.3 is 10.4 Å². The van der Waals surface area contributed by atoms with Crippen molar-refractivity contribution in [1.29, 1.82) is 0 Å². The molecule has 0 aliphatic rings. The third-order valence-corrected chi connectivity index (χ3v) is 3.98. The molecule has 1 amide bonds. The van der Waals surface area contributed by atoms with Crippen LogP contribution in [0.4, 0.5) is 0 Å². The highest BCUT2D eigenvalue weighted by Crippen LogP contribution is 2.17. The molecule has 0 aliphatic heterocycles. The van der Waals surface area contributed by atoms with Crippen molar-refractivity contribution in [3.05, 3.63) is 17.0 Å². The van der Waals surface area contributed by atoms with Crippen LogP contribution in [-0.2, 0) is 16.0 Å². The van der Waals surface area contributed by atoms with Crippen molar-refractivity contribution in [2.75, 3.05) is 6.26 Å². The van der Waals surface area contributed by atoms with Gasteiger partial charge in [0, 0.05) is 17.8 Å². The zero-order valence-corrected chi connectivity index (χ0v) is 14.5. The third-order valence-electron chi connectivity index (χ3n) is 3.43. The molecule has 0 aliphatic carbocycles. The van der Waals surface area contributed by atoms with E-state index < -0.39 is 12.0 Å². The first kappa shape index (κ1) is 18.4. The Balaban J connectivity index is 2.70. The van der Waals surface area contributed by atoms with E-state index >= 15 is 0 Å². The van der Waals surface area contributed by atoms with Crippen LogP contribution in [0.3, 0.4) is 0 Å². The Bertz CT molecular complexity index is 538. The average Bonchev–Trinajstić information content (AvgIpc) is 2.42. The molecule has 22 heavy (non-hydrogen) atoms. The molecule has 0 saturated carbocycles. The van der Waals surface area contributed by atoms with Crippen LogP contribution in [0.25, 0.3) is 0 Å². The van der Waals surface area contributed by atoms with E-state index in [1.165, 1.54) is 11.8 Å². The van der Waals surface area contributed by atoms with E-state index in [1.807, 2.05) is 20.1 Å². The molecule has 0 saturated heterocycles. The summed E-state index contributed by atoms with van der Waals surface area (Å²) in [6.07, 6.45) is 2.64. The second-order valence-corrected chi connectivity index (χ2v) is 6.26. The smallest absolute Gasteiger partial charge is 0.326 e. The molecule has 6 nitrogen and oxygen atoms in total. The van der Waals surface area contributed by atoms with Crippen LogP contribution in [0, 0.1) is 19.8 Å². The minimum Gasteiger partial charge on any atom is -0.480 e. The van der Waals surface area contributed by atoms with Crippen LogP contribution in [0.5, 0.6) is 0 Å². The van der Waals surface area contributed by atoms with Crippen LogP contribution >= 0.6 is 11.8 Å². The topological polar surface area (TPSA) is 92.2 Å². The van der Waals surface area contributed by atoms with Crippen molar-refractivity contribution in [3.63, 3.8) is 0 Å². The zero-order valence-electron chi connectivity index (χ0n) is 13.6. The lowest BCUT2D eigenvalue weighted by Crippen LogP contribution is -2.44. The maximum absolute atomic E-state index is 12.0. The quantitative estimate of drug-likeness (QED) is 0.588. The number of hydrogen-bond acceptors (Lipinski definition) is 5. The minimum atomic E-state index is -1.01. The van der Waals surface area contributed by atoms with Crippen LogP contribution in [0.15, 0.2) is 5.16 Å². The molecule has 0 radical (unpaired) electrons. The normalized spacial score (nSPS) is 12.3. The fourth-order valence-corrected chi connectivity index (χ4v) is 2.62. The highest BCUT2D eigenvalue weighted by Gasteiger charge is 2.23. The molecule has 0 aromatic carbocycles. The first-order valence-electron chi connectivity index (χ1n) is 7.16. The Kier molecular flexibility index (Phi) is 6.80. The molecule has 0 bridgehead atoms. The number of carboxylic acids is 1. The largest absolute Gasteiger partial charge is 0.480 e. The van der Waals surface area contributed by atoms with Gasteiger partial charge in [-0.2, -0.15) is 0 Å². The average molecular weight is 325 g/mol. The van der Waals surface area contributed by atoms with Crippen molar-refractivity contribution in [3.8, 4) is 0 Å². The van der Waals surface area contributed by atoms with Gasteiger partial charge in [-0.1, -0.05) is 25.6 Å². The van der Waals surface area contributed by atoms with E-state index in [1.54, 1.807) is 13.8 Å². The predicted molar refractivity (Wildman–Crippen MR) is 86.0 cm³/mol. The summed E-state index contributed by atoms with van der Waals surface area (Å²) in [7, 11) is 0. The van der Waals surface area contributed by atoms with Gasteiger partial charge in [0.05, 0.1) is 0 Å². The molecule has 2 N–H and O–H groups in total. The SMILES string of the molecule is CSc1nc(C)c(CCC(=O)NC(C(=O)O)C(C)C)c(C)n1. The molecule has 1 rings (SSSR count). The van der Waals surface area contributed by atoms with E-state index in [-0.39, 0.29) is 18.2 Å². The maximum atomic E-state index is 12.0. The zero-order chi connectivity index (χ0) is 16.9. The lowest BCUT2D eigenvalue weighted by Gasteiger charge is -2.18. The van der Waals surface area contributed by atoms with E-state index in [0.717, 1.165) is 17.0 Å². The number of carbonyl (C=O) groups excluding carboxylic acids is 1. The Labute approximate surface area is 135 Å². The highest BCUT2D eigenvalue weighted by molar-refractivity contribution is 7.98. The second-order valence-electron chi connectivity index (χ2n) is 5.49. The first-order valence-corrected chi connectivity index (χ1v) is 8.39. The first-order chi connectivity index (χ1) is 10.3. The number of hydrogen-bond donors (Lipinski definition) is 2. The predicted octanol–water partition coefficient (Wildman–Crippen LogP) is 1.97. The number of aliphatic carboxylic acids is 1. The van der Waals surface area contributed by atoms with Gasteiger partial charge in [-0.15, -0.1) is 0 Å². The maximum Gasteiger partial charge on any atom is 0.326 e. The third kappa shape index (κ3) is 4.98. The van der Waals surface area contributed by atoms with Gasteiger partial charge in [0.1, 0.15) is 6.04 Å². The molecule has 0 spiro atoms. The number of carboxylic acid groups (broad SMARTS) is 1. The molecular weight excluding hydrogens is 302 g/mol. The van der Waals surface area contributed by atoms with Crippen molar-refractivity contribution in [2.24, 2.45) is 5.92 Å². The molecule has 1 atom stereocenters. The molecule has 7 heteroatoms. The molecule has 1 unspecified atom stereocenters. The Hall–Kier alpha value is -1.63. The summed E-state index contributed by atoms with van der Waals surface area (Å²) < 4.78 is 0. The number of amides is 1. The van der Waals surface area contributed by atoms with Crippen molar-refractivity contribution in [1.82, 2.24) is 15.3 Å². The molecule has 122 valence electrons. The summed E-state index contributed by atoms with van der Waals surface area (Å²) in [5.41, 5.74) is 2.68. The van der Waals surface area contributed by atoms with Gasteiger partial charge in [0.15, 0.2) is 5.16 Å². The number of carbonyl (C=O) groups is 2. The van der Waals surface area contributed by atoms with Gasteiger partial charge in [-0.25, -0.2) is 14.8 Å². The molecule has 1 aromatic rings. The lowest BCUT2D eigenvalue weighted by molar-refractivity contribution is -0.143. The van der Waals surface area contributed by atoms with Crippen molar-refractivity contribution >= 4 is 23.6 Å². The van der Waals surface area contributed by atoms with Crippen molar-refractivity contribution < 1.29 is 14.7 Å². The molecular formula is C15H23N3O3S. The molecule has 0 fully saturated rings. The van der Waals surface area contributed by atoms with Crippen LogP contribution < -0.4 is 5.32 Å². The monoisotopic (exact) mass is 325 g/mol. The summed E-state index contributed by atoms with van der Waals surface area (Å²) in [5, 5.41) is 12.4. The number of nitrogens with one attached hydrogen (secondary N) is 1. The Morgan fingerprint density at radius 3 is 2.18 bits per heavy atom. The minimum absolute atomic E-state index is 0.158. The van der Waals surface area contributed by atoms with E-state index in [0.29, 0.717) is 11.6 Å². The van der Waals surface area contributed by atoms with Crippen LogP contribution in [-0.4, -0.2) is 39.2 Å². The van der Waals surface area contributed by atoms with E-state index in [2.05, 4.69) is 15.3 Å². The number of aromatic nitrogens is 2. The van der Waals surface area contributed by atoms with E-state index in [9.17, 15) is 9.59 Å². The number of nitrogens with zero attached hydrogens (tertiary/aromatic N) is 2. The van der Waals surface area contributed by atoms with Crippen LogP contribution in [0.1, 0.15) is 37.2 Å². The fraction of sp³-hybridized carbons (Fsp3) is 0.600.